The van der Waals surface area contributed by atoms with E-state index in [0.29, 0.717) is 20.4 Å². The number of hydrogen-bond acceptors (Lipinski definition) is 5. The average Bonchev–Trinajstić information content (AvgIpc) is 2.82. The standard InChI is InChI=1S/C28H30Br2O5/c1-16(2)20-14-25(35-28-22(29)11-18(12-23(28)30)13-26(31)33-5)21(15-24(20)32-4)27(34-6)19-9-7-8-17(3)10-19/h7-12,14-16,27H,13H2,1-6H3. The average molecular weight is 606 g/mol. The van der Waals surface area contributed by atoms with Crippen LogP contribution in [0.25, 0.3) is 0 Å². The Morgan fingerprint density at radius 1 is 0.914 bits per heavy atom. The first-order valence-corrected chi connectivity index (χ1v) is 12.8. The van der Waals surface area contributed by atoms with E-state index in [0.717, 1.165) is 33.6 Å². The van der Waals surface area contributed by atoms with Gasteiger partial charge in [0.05, 0.1) is 29.6 Å². The first-order valence-electron chi connectivity index (χ1n) is 11.2. The molecular formula is C28H30Br2O5. The number of carbonyl (C=O) groups excluding carboxylic acids is 1. The minimum atomic E-state index is -0.365. The second-order valence-corrected chi connectivity index (χ2v) is 10.3. The molecule has 0 N–H and O–H groups in total. The molecule has 0 fully saturated rings. The highest BCUT2D eigenvalue weighted by molar-refractivity contribution is 9.11. The molecule has 0 bridgehead atoms. The molecule has 7 heteroatoms. The van der Waals surface area contributed by atoms with Crippen LogP contribution in [0, 0.1) is 6.92 Å². The topological polar surface area (TPSA) is 54.0 Å². The van der Waals surface area contributed by atoms with E-state index < -0.39 is 0 Å². The highest BCUT2D eigenvalue weighted by Gasteiger charge is 2.24. The van der Waals surface area contributed by atoms with E-state index in [-0.39, 0.29) is 24.4 Å². The van der Waals surface area contributed by atoms with Crippen molar-refractivity contribution < 1.29 is 23.7 Å². The van der Waals surface area contributed by atoms with E-state index in [1.807, 2.05) is 36.4 Å². The SMILES string of the molecule is COC(=O)Cc1cc(Br)c(Oc2cc(C(C)C)c(OC)cc2C(OC)c2cccc(C)c2)c(Br)c1. The molecule has 0 amide bonds. The van der Waals surface area contributed by atoms with Crippen LogP contribution in [0.2, 0.25) is 0 Å². The maximum atomic E-state index is 11.7. The summed E-state index contributed by atoms with van der Waals surface area (Å²) in [4.78, 5) is 11.7. The molecule has 186 valence electrons. The molecule has 0 aliphatic heterocycles. The molecule has 0 aliphatic carbocycles. The number of benzene rings is 3. The van der Waals surface area contributed by atoms with Gasteiger partial charge >= 0.3 is 5.97 Å². The monoisotopic (exact) mass is 604 g/mol. The quantitative estimate of drug-likeness (QED) is 0.232. The van der Waals surface area contributed by atoms with E-state index in [1.54, 1.807) is 14.2 Å². The van der Waals surface area contributed by atoms with Gasteiger partial charge in [0.25, 0.3) is 0 Å². The smallest absolute Gasteiger partial charge is 0.309 e. The summed E-state index contributed by atoms with van der Waals surface area (Å²) in [6.45, 7) is 6.28. The zero-order valence-corrected chi connectivity index (χ0v) is 23.9. The second kappa shape index (κ2) is 12.1. The summed E-state index contributed by atoms with van der Waals surface area (Å²) in [5.74, 6) is 1.95. The maximum absolute atomic E-state index is 11.7. The minimum Gasteiger partial charge on any atom is -0.496 e. The normalized spacial score (nSPS) is 11.9. The van der Waals surface area contributed by atoms with E-state index in [4.69, 9.17) is 18.9 Å². The summed E-state index contributed by atoms with van der Waals surface area (Å²) >= 11 is 7.23. The molecule has 0 spiro atoms. The van der Waals surface area contributed by atoms with Crippen molar-refractivity contribution in [2.45, 2.75) is 39.2 Å². The molecular weight excluding hydrogens is 576 g/mol. The Hall–Kier alpha value is -2.35. The van der Waals surface area contributed by atoms with Gasteiger partial charge in [0, 0.05) is 18.2 Å². The van der Waals surface area contributed by atoms with Crippen LogP contribution >= 0.6 is 31.9 Å². The second-order valence-electron chi connectivity index (χ2n) is 8.56. The van der Waals surface area contributed by atoms with Gasteiger partial charge in [-0.2, -0.15) is 0 Å². The van der Waals surface area contributed by atoms with Gasteiger partial charge in [0.15, 0.2) is 5.75 Å². The lowest BCUT2D eigenvalue weighted by Crippen LogP contribution is -2.08. The zero-order chi connectivity index (χ0) is 25.7. The van der Waals surface area contributed by atoms with Crippen LogP contribution in [0.1, 0.15) is 53.7 Å². The van der Waals surface area contributed by atoms with Crippen LogP contribution in [0.5, 0.6) is 17.2 Å². The van der Waals surface area contributed by atoms with Gasteiger partial charge in [-0.3, -0.25) is 4.79 Å². The van der Waals surface area contributed by atoms with Crippen molar-refractivity contribution in [3.05, 3.63) is 85.3 Å². The predicted molar refractivity (Wildman–Crippen MR) is 145 cm³/mol. The first kappa shape index (κ1) is 27.2. The lowest BCUT2D eigenvalue weighted by molar-refractivity contribution is -0.139. The number of hydrogen-bond donors (Lipinski definition) is 0. The lowest BCUT2D eigenvalue weighted by atomic mass is 9.94. The Labute approximate surface area is 224 Å². The first-order chi connectivity index (χ1) is 16.7. The van der Waals surface area contributed by atoms with Gasteiger partial charge in [-0.1, -0.05) is 43.7 Å². The van der Waals surface area contributed by atoms with E-state index in [9.17, 15) is 4.79 Å². The predicted octanol–water partition coefficient (Wildman–Crippen LogP) is 7.90. The molecule has 1 atom stereocenters. The van der Waals surface area contributed by atoms with Crippen molar-refractivity contribution in [3.63, 3.8) is 0 Å². The fourth-order valence-electron chi connectivity index (χ4n) is 3.95. The van der Waals surface area contributed by atoms with Crippen molar-refractivity contribution >= 4 is 37.8 Å². The number of ether oxygens (including phenoxy) is 4. The van der Waals surface area contributed by atoms with E-state index >= 15 is 0 Å². The van der Waals surface area contributed by atoms with Gasteiger partial charge in [-0.15, -0.1) is 0 Å². The van der Waals surface area contributed by atoms with Crippen molar-refractivity contribution in [2.75, 3.05) is 21.3 Å². The molecule has 3 aromatic rings. The van der Waals surface area contributed by atoms with Gasteiger partial charge in [0.1, 0.15) is 17.6 Å². The fraction of sp³-hybridized carbons (Fsp3) is 0.321. The number of esters is 1. The Bertz CT molecular complexity index is 1180. The molecule has 3 rings (SSSR count). The van der Waals surface area contributed by atoms with Crippen LogP contribution < -0.4 is 9.47 Å². The van der Waals surface area contributed by atoms with Gasteiger partial charge in [-0.05, 0) is 80.1 Å². The number of methoxy groups -OCH3 is 3. The number of carbonyl (C=O) groups is 1. The van der Waals surface area contributed by atoms with Gasteiger partial charge in [-0.25, -0.2) is 0 Å². The highest BCUT2D eigenvalue weighted by Crippen LogP contribution is 2.44. The number of aryl methyl sites for hydroxylation is 1. The molecule has 5 nitrogen and oxygen atoms in total. The summed E-state index contributed by atoms with van der Waals surface area (Å²) in [5, 5.41) is 0. The molecule has 1 unspecified atom stereocenters. The third-order valence-corrected chi connectivity index (χ3v) is 6.87. The van der Waals surface area contributed by atoms with Gasteiger partial charge < -0.3 is 18.9 Å². The fourth-order valence-corrected chi connectivity index (χ4v) is 5.39. The van der Waals surface area contributed by atoms with Crippen LogP contribution in [-0.4, -0.2) is 27.3 Å². The molecule has 0 heterocycles. The minimum absolute atomic E-state index is 0.165. The van der Waals surface area contributed by atoms with E-state index in [2.05, 4.69) is 64.8 Å². The summed E-state index contributed by atoms with van der Waals surface area (Å²) < 4.78 is 24.5. The maximum Gasteiger partial charge on any atom is 0.309 e. The highest BCUT2D eigenvalue weighted by atomic mass is 79.9. The van der Waals surface area contributed by atoms with Crippen LogP contribution in [-0.2, 0) is 20.7 Å². The molecule has 3 aromatic carbocycles. The van der Waals surface area contributed by atoms with Crippen molar-refractivity contribution in [1.29, 1.82) is 0 Å². The summed E-state index contributed by atoms with van der Waals surface area (Å²) in [6, 6.07) is 16.0. The molecule has 0 saturated carbocycles. The third-order valence-electron chi connectivity index (χ3n) is 5.69. The molecule has 0 saturated heterocycles. The lowest BCUT2D eigenvalue weighted by Gasteiger charge is -2.24. The van der Waals surface area contributed by atoms with Crippen LogP contribution in [0.15, 0.2) is 57.5 Å². The summed E-state index contributed by atoms with van der Waals surface area (Å²) in [5.41, 5.74) is 4.83. The Kier molecular flexibility index (Phi) is 9.39. The number of rotatable bonds is 9. The van der Waals surface area contributed by atoms with Crippen LogP contribution in [0.4, 0.5) is 0 Å². The van der Waals surface area contributed by atoms with E-state index in [1.165, 1.54) is 7.11 Å². The Balaban J connectivity index is 2.15. The Morgan fingerprint density at radius 3 is 2.11 bits per heavy atom. The molecule has 0 radical (unpaired) electrons. The van der Waals surface area contributed by atoms with Crippen LogP contribution in [0.3, 0.4) is 0 Å². The van der Waals surface area contributed by atoms with Gasteiger partial charge in [0.2, 0.25) is 0 Å². The Morgan fingerprint density at radius 2 is 1.57 bits per heavy atom. The number of halogens is 2. The summed E-state index contributed by atoms with van der Waals surface area (Å²) in [6.07, 6.45) is -0.200. The largest absolute Gasteiger partial charge is 0.496 e. The molecule has 35 heavy (non-hydrogen) atoms. The van der Waals surface area contributed by atoms with Crippen molar-refractivity contribution in [3.8, 4) is 17.2 Å². The van der Waals surface area contributed by atoms with Crippen molar-refractivity contribution in [2.24, 2.45) is 0 Å². The summed E-state index contributed by atoms with van der Waals surface area (Å²) in [7, 11) is 4.74. The third kappa shape index (κ3) is 6.46. The molecule has 0 aromatic heterocycles. The molecule has 0 aliphatic rings. The van der Waals surface area contributed by atoms with Crippen molar-refractivity contribution in [1.82, 2.24) is 0 Å². The zero-order valence-electron chi connectivity index (χ0n) is 20.8.